The van der Waals surface area contributed by atoms with Crippen LogP contribution in [0.25, 0.3) is 0 Å². The molecule has 0 amide bonds. The molecule has 20 heavy (non-hydrogen) atoms. The number of aromatic nitrogens is 1. The summed E-state index contributed by atoms with van der Waals surface area (Å²) in [5.74, 6) is 0. The lowest BCUT2D eigenvalue weighted by Gasteiger charge is -2.15. The van der Waals surface area contributed by atoms with Crippen LogP contribution < -0.4 is 0 Å². The van der Waals surface area contributed by atoms with Gasteiger partial charge in [0.05, 0.1) is 16.8 Å². The zero-order valence-corrected chi connectivity index (χ0v) is 15.6. The van der Waals surface area contributed by atoms with Crippen LogP contribution in [0.1, 0.15) is 43.1 Å². The first-order chi connectivity index (χ1) is 9.27. The molecule has 0 aliphatic heterocycles. The minimum atomic E-state index is -0.545. The number of nitrogens with zero attached hydrogens (tertiary/aromatic N) is 1. The van der Waals surface area contributed by atoms with Crippen molar-refractivity contribution in [3.8, 4) is 0 Å². The molecule has 2 nitrogen and oxygen atoms in total. The van der Waals surface area contributed by atoms with Crippen LogP contribution in [0.3, 0.4) is 0 Å². The van der Waals surface area contributed by atoms with E-state index in [0.29, 0.717) is 6.42 Å². The number of hydrogen-bond donors (Lipinski definition) is 1. The second-order valence-electron chi connectivity index (χ2n) is 5.76. The molecule has 0 saturated heterocycles. The fourth-order valence-electron chi connectivity index (χ4n) is 1.80. The Bertz CT molecular complexity index is 604. The van der Waals surface area contributed by atoms with Gasteiger partial charge in [-0.05, 0) is 17.7 Å². The van der Waals surface area contributed by atoms with Crippen LogP contribution in [0.5, 0.6) is 0 Å². The molecule has 1 aromatic heterocycles. The van der Waals surface area contributed by atoms with Crippen LogP contribution in [-0.2, 0) is 11.8 Å². The molecule has 0 bridgehead atoms. The van der Waals surface area contributed by atoms with Gasteiger partial charge in [0.15, 0.2) is 0 Å². The minimum Gasteiger partial charge on any atom is -0.388 e. The number of aliphatic hydroxyl groups is 1. The Balaban J connectivity index is 2.15. The number of halogens is 2. The molecule has 0 aliphatic rings. The first-order valence-corrected chi connectivity index (χ1v) is 8.82. The van der Waals surface area contributed by atoms with Crippen LogP contribution in [0, 0.1) is 0 Å². The second kappa shape index (κ2) is 6.26. The van der Waals surface area contributed by atoms with Gasteiger partial charge in [-0.3, -0.25) is 0 Å². The lowest BCUT2D eigenvalue weighted by atomic mass is 9.93. The van der Waals surface area contributed by atoms with Gasteiger partial charge in [-0.1, -0.05) is 58.7 Å². The summed E-state index contributed by atoms with van der Waals surface area (Å²) in [6, 6.07) is 5.81. The molecule has 0 saturated carbocycles. The van der Waals surface area contributed by atoms with Gasteiger partial charge >= 0.3 is 0 Å². The number of thiazole rings is 1. The molecule has 1 N–H and O–H groups in total. The van der Waals surface area contributed by atoms with Gasteiger partial charge in [0.2, 0.25) is 0 Å². The van der Waals surface area contributed by atoms with E-state index in [0.717, 1.165) is 25.2 Å². The summed E-state index contributed by atoms with van der Waals surface area (Å²) in [7, 11) is 0. The average molecular weight is 419 g/mol. The Kier molecular flexibility index (Phi) is 5.05. The lowest BCUT2D eigenvalue weighted by molar-refractivity contribution is 0.177. The molecular formula is C15H17Br2NOS. The van der Waals surface area contributed by atoms with Gasteiger partial charge in [-0.2, -0.15) is 0 Å². The molecule has 2 rings (SSSR count). The van der Waals surface area contributed by atoms with Gasteiger partial charge in [0.1, 0.15) is 0 Å². The van der Waals surface area contributed by atoms with E-state index in [9.17, 15) is 5.11 Å². The highest BCUT2D eigenvalue weighted by Gasteiger charge is 2.19. The van der Waals surface area contributed by atoms with E-state index in [1.165, 1.54) is 0 Å². The van der Waals surface area contributed by atoms with Gasteiger partial charge in [0, 0.05) is 26.2 Å². The summed E-state index contributed by atoms with van der Waals surface area (Å²) in [6.45, 7) is 6.44. The van der Waals surface area contributed by atoms with Crippen molar-refractivity contribution in [2.24, 2.45) is 0 Å². The third kappa shape index (κ3) is 3.91. The van der Waals surface area contributed by atoms with Gasteiger partial charge < -0.3 is 5.11 Å². The highest BCUT2D eigenvalue weighted by atomic mass is 79.9. The van der Waals surface area contributed by atoms with Crippen LogP contribution in [-0.4, -0.2) is 10.1 Å². The van der Waals surface area contributed by atoms with E-state index >= 15 is 0 Å². The van der Waals surface area contributed by atoms with Crippen LogP contribution >= 0.6 is 43.2 Å². The van der Waals surface area contributed by atoms with E-state index < -0.39 is 6.10 Å². The predicted octanol–water partition coefficient (Wildman–Crippen LogP) is 5.24. The SMILES string of the molecule is CC(C)(C)c1csc(CC(O)c2ccc(Br)cc2Br)n1. The second-order valence-corrected chi connectivity index (χ2v) is 8.47. The van der Waals surface area contributed by atoms with Crippen molar-refractivity contribution in [3.05, 3.63) is 48.8 Å². The maximum atomic E-state index is 10.4. The maximum absolute atomic E-state index is 10.4. The van der Waals surface area contributed by atoms with E-state index in [1.807, 2.05) is 18.2 Å². The first kappa shape index (κ1) is 16.1. The Hall–Kier alpha value is -0.230. The molecule has 1 unspecified atom stereocenters. The molecular weight excluding hydrogens is 402 g/mol. The minimum absolute atomic E-state index is 0.0535. The summed E-state index contributed by atoms with van der Waals surface area (Å²) in [5, 5.41) is 13.4. The molecule has 1 atom stereocenters. The summed E-state index contributed by atoms with van der Waals surface area (Å²) in [6.07, 6.45) is -0.00232. The summed E-state index contributed by atoms with van der Waals surface area (Å²) >= 11 is 8.52. The molecule has 0 aliphatic carbocycles. The molecule has 0 fully saturated rings. The summed E-state index contributed by atoms with van der Waals surface area (Å²) in [5.41, 5.74) is 2.03. The van der Waals surface area contributed by atoms with Gasteiger partial charge in [0.25, 0.3) is 0 Å². The molecule has 0 radical (unpaired) electrons. The number of benzene rings is 1. The predicted molar refractivity (Wildman–Crippen MR) is 91.3 cm³/mol. The van der Waals surface area contributed by atoms with Crippen molar-refractivity contribution in [1.29, 1.82) is 0 Å². The van der Waals surface area contributed by atoms with Crippen molar-refractivity contribution in [3.63, 3.8) is 0 Å². The molecule has 0 spiro atoms. The quantitative estimate of drug-likeness (QED) is 0.738. The van der Waals surface area contributed by atoms with E-state index in [1.54, 1.807) is 11.3 Å². The normalized spacial score (nSPS) is 13.5. The largest absolute Gasteiger partial charge is 0.388 e. The highest BCUT2D eigenvalue weighted by Crippen LogP contribution is 2.31. The fraction of sp³-hybridized carbons (Fsp3) is 0.400. The van der Waals surface area contributed by atoms with Crippen molar-refractivity contribution < 1.29 is 5.11 Å². The molecule has 2 aromatic rings. The van der Waals surface area contributed by atoms with Crippen LogP contribution in [0.2, 0.25) is 0 Å². The topological polar surface area (TPSA) is 33.1 Å². The smallest absolute Gasteiger partial charge is 0.0957 e. The van der Waals surface area contributed by atoms with E-state index in [-0.39, 0.29) is 5.41 Å². The zero-order chi connectivity index (χ0) is 14.9. The van der Waals surface area contributed by atoms with Crippen molar-refractivity contribution >= 4 is 43.2 Å². The third-order valence-electron chi connectivity index (χ3n) is 3.01. The van der Waals surface area contributed by atoms with Gasteiger partial charge in [-0.25, -0.2) is 4.98 Å². The molecule has 108 valence electrons. The standard InChI is InChI=1S/C15H17Br2NOS/c1-15(2,3)13-8-20-14(18-13)7-12(19)10-5-4-9(16)6-11(10)17/h4-6,8,12,19H,7H2,1-3H3. The van der Waals surface area contributed by atoms with Crippen molar-refractivity contribution in [2.45, 2.75) is 38.7 Å². The summed E-state index contributed by atoms with van der Waals surface area (Å²) in [4.78, 5) is 4.63. The zero-order valence-electron chi connectivity index (χ0n) is 11.7. The Morgan fingerprint density at radius 2 is 2.00 bits per heavy atom. The number of aliphatic hydroxyl groups excluding tert-OH is 1. The summed E-state index contributed by atoms with van der Waals surface area (Å²) < 4.78 is 1.90. The molecule has 1 aromatic carbocycles. The van der Waals surface area contributed by atoms with Gasteiger partial charge in [-0.15, -0.1) is 11.3 Å². The Labute approximate surface area is 140 Å². The highest BCUT2D eigenvalue weighted by molar-refractivity contribution is 9.11. The maximum Gasteiger partial charge on any atom is 0.0957 e. The van der Waals surface area contributed by atoms with E-state index in [4.69, 9.17) is 0 Å². The number of rotatable bonds is 3. The Morgan fingerprint density at radius 3 is 2.55 bits per heavy atom. The third-order valence-corrected chi connectivity index (χ3v) is 5.06. The molecule has 1 heterocycles. The van der Waals surface area contributed by atoms with Crippen molar-refractivity contribution in [1.82, 2.24) is 4.98 Å². The molecule has 5 heteroatoms. The van der Waals surface area contributed by atoms with Crippen molar-refractivity contribution in [2.75, 3.05) is 0 Å². The van der Waals surface area contributed by atoms with E-state index in [2.05, 4.69) is 63.0 Å². The lowest BCUT2D eigenvalue weighted by Crippen LogP contribution is -2.12. The van der Waals surface area contributed by atoms with Crippen LogP contribution in [0.4, 0.5) is 0 Å². The average Bonchev–Trinajstić information content (AvgIpc) is 2.76. The van der Waals surface area contributed by atoms with Crippen LogP contribution in [0.15, 0.2) is 32.5 Å². The number of hydrogen-bond acceptors (Lipinski definition) is 3. The fourth-order valence-corrected chi connectivity index (χ4v) is 4.17. The Morgan fingerprint density at radius 1 is 1.30 bits per heavy atom. The first-order valence-electron chi connectivity index (χ1n) is 6.35. The monoisotopic (exact) mass is 417 g/mol.